The first-order chi connectivity index (χ1) is 8.49. The summed E-state index contributed by atoms with van der Waals surface area (Å²) in [5.41, 5.74) is -0.196. The normalized spacial score (nSPS) is 15.4. The maximum atomic E-state index is 13.4. The maximum Gasteiger partial charge on any atom is 0.320 e. The van der Waals surface area contributed by atoms with Gasteiger partial charge >= 0.3 is 6.03 Å². The molecule has 0 spiro atoms. The van der Waals surface area contributed by atoms with Crippen LogP contribution >= 0.6 is 0 Å². The van der Waals surface area contributed by atoms with E-state index < -0.39 is 17.4 Å². The highest BCUT2D eigenvalue weighted by Crippen LogP contribution is 2.13. The van der Waals surface area contributed by atoms with E-state index in [0.29, 0.717) is 19.2 Å². The van der Waals surface area contributed by atoms with Crippen LogP contribution in [-0.4, -0.2) is 48.3 Å². The van der Waals surface area contributed by atoms with Crippen molar-refractivity contribution in [3.8, 4) is 0 Å². The van der Waals surface area contributed by atoms with Crippen molar-refractivity contribution in [1.29, 1.82) is 0 Å². The van der Waals surface area contributed by atoms with Gasteiger partial charge in [0.05, 0.1) is 12.1 Å². The van der Waals surface area contributed by atoms with Crippen LogP contribution in [0.15, 0.2) is 18.2 Å². The molecular weight excluding hydrogens is 242 g/mol. The molecule has 1 aliphatic rings. The minimum absolute atomic E-state index is 0.189. The number of carbonyl (C=O) groups excluding carboxylic acids is 2. The smallest absolute Gasteiger partial charge is 0.320 e. The van der Waals surface area contributed by atoms with Crippen LogP contribution in [0.25, 0.3) is 0 Å². The molecule has 0 aromatic heterocycles. The number of rotatable bonds is 3. The minimum atomic E-state index is -0.903. The van der Waals surface area contributed by atoms with E-state index in [1.165, 1.54) is 9.80 Å². The molecule has 0 atom stereocenters. The topological polar surface area (TPSA) is 40.6 Å². The Kier molecular flexibility index (Phi) is 3.27. The molecule has 1 fully saturated rings. The van der Waals surface area contributed by atoms with Gasteiger partial charge in [0.25, 0.3) is 0 Å². The first-order valence-corrected chi connectivity index (χ1v) is 5.47. The number of hydrogen-bond acceptors (Lipinski definition) is 2. The molecule has 2 rings (SSSR count). The molecule has 1 saturated heterocycles. The Labute approximate surface area is 103 Å². The van der Waals surface area contributed by atoms with Crippen LogP contribution in [0, 0.1) is 11.6 Å². The van der Waals surface area contributed by atoms with Crippen molar-refractivity contribution in [2.75, 3.05) is 26.7 Å². The summed E-state index contributed by atoms with van der Waals surface area (Å²) in [6, 6.07) is 2.52. The number of nitrogens with zero attached hydrogens (tertiary/aromatic N) is 2. The van der Waals surface area contributed by atoms with Gasteiger partial charge in [-0.05, 0) is 12.1 Å². The van der Waals surface area contributed by atoms with Crippen molar-refractivity contribution in [1.82, 2.24) is 9.80 Å². The second-order valence-corrected chi connectivity index (χ2v) is 4.17. The molecule has 0 unspecified atom stereocenters. The summed E-state index contributed by atoms with van der Waals surface area (Å²) in [5.74, 6) is -2.17. The first kappa shape index (κ1) is 12.5. The molecule has 6 heteroatoms. The second-order valence-electron chi connectivity index (χ2n) is 4.17. The van der Waals surface area contributed by atoms with Gasteiger partial charge < -0.3 is 9.80 Å². The Hall–Kier alpha value is -1.98. The molecular formula is C12H12F2N2O2. The van der Waals surface area contributed by atoms with Gasteiger partial charge in [0.2, 0.25) is 0 Å². The number of halogens is 2. The Bertz CT molecular complexity index is 505. The Morgan fingerprint density at radius 2 is 2.06 bits per heavy atom. The zero-order valence-corrected chi connectivity index (χ0v) is 9.82. The Morgan fingerprint density at radius 1 is 1.33 bits per heavy atom. The number of likely N-dealkylation sites (N-methyl/N-ethyl adjacent to an activating group) is 1. The highest BCUT2D eigenvalue weighted by atomic mass is 19.1. The Balaban J connectivity index is 2.11. The summed E-state index contributed by atoms with van der Waals surface area (Å²) in [5, 5.41) is 0. The van der Waals surface area contributed by atoms with E-state index in [-0.39, 0.29) is 18.1 Å². The second kappa shape index (κ2) is 4.72. The predicted octanol–water partition coefficient (Wildman–Crippen LogP) is 1.51. The molecule has 1 heterocycles. The number of ketones is 1. The third-order valence-corrected chi connectivity index (χ3v) is 2.87. The quantitative estimate of drug-likeness (QED) is 0.767. The molecule has 0 saturated carbocycles. The van der Waals surface area contributed by atoms with E-state index in [2.05, 4.69) is 0 Å². The maximum absolute atomic E-state index is 13.4. The van der Waals surface area contributed by atoms with Crippen molar-refractivity contribution < 1.29 is 18.4 Å². The van der Waals surface area contributed by atoms with Gasteiger partial charge in [-0.2, -0.15) is 0 Å². The zero-order valence-electron chi connectivity index (χ0n) is 9.82. The largest absolute Gasteiger partial charge is 0.326 e. The van der Waals surface area contributed by atoms with E-state index >= 15 is 0 Å². The van der Waals surface area contributed by atoms with Crippen LogP contribution < -0.4 is 0 Å². The summed E-state index contributed by atoms with van der Waals surface area (Å²) in [7, 11) is 1.63. The van der Waals surface area contributed by atoms with E-state index in [4.69, 9.17) is 0 Å². The molecule has 18 heavy (non-hydrogen) atoms. The molecule has 0 N–H and O–H groups in total. The van der Waals surface area contributed by atoms with Gasteiger partial charge in [-0.15, -0.1) is 0 Å². The summed E-state index contributed by atoms with van der Waals surface area (Å²) < 4.78 is 26.1. The molecule has 0 radical (unpaired) electrons. The molecule has 1 aromatic carbocycles. The van der Waals surface area contributed by atoms with Crippen molar-refractivity contribution in [2.24, 2.45) is 0 Å². The third kappa shape index (κ3) is 2.32. The van der Waals surface area contributed by atoms with E-state index in [0.717, 1.165) is 12.1 Å². The lowest BCUT2D eigenvalue weighted by atomic mass is 10.1. The SMILES string of the molecule is CN1CCN(CC(=O)c2ccc(F)cc2F)C1=O. The lowest BCUT2D eigenvalue weighted by Crippen LogP contribution is -2.34. The van der Waals surface area contributed by atoms with Gasteiger partial charge in [-0.25, -0.2) is 13.6 Å². The van der Waals surface area contributed by atoms with Gasteiger partial charge in [0.15, 0.2) is 5.78 Å². The molecule has 96 valence electrons. The van der Waals surface area contributed by atoms with Crippen LogP contribution in [-0.2, 0) is 0 Å². The fraction of sp³-hybridized carbons (Fsp3) is 0.333. The Morgan fingerprint density at radius 3 is 2.61 bits per heavy atom. The van der Waals surface area contributed by atoms with Gasteiger partial charge in [0, 0.05) is 26.2 Å². The lowest BCUT2D eigenvalue weighted by molar-refractivity contribution is 0.0948. The average molecular weight is 254 g/mol. The van der Waals surface area contributed by atoms with Crippen LogP contribution in [0.2, 0.25) is 0 Å². The van der Waals surface area contributed by atoms with Crippen LogP contribution in [0.5, 0.6) is 0 Å². The van der Waals surface area contributed by atoms with Crippen LogP contribution in [0.3, 0.4) is 0 Å². The first-order valence-electron chi connectivity index (χ1n) is 5.47. The van der Waals surface area contributed by atoms with E-state index in [1.807, 2.05) is 0 Å². The van der Waals surface area contributed by atoms with Crippen molar-refractivity contribution in [3.05, 3.63) is 35.4 Å². The van der Waals surface area contributed by atoms with Gasteiger partial charge in [0.1, 0.15) is 11.6 Å². The highest BCUT2D eigenvalue weighted by Gasteiger charge is 2.27. The monoisotopic (exact) mass is 254 g/mol. The van der Waals surface area contributed by atoms with Crippen LogP contribution in [0.1, 0.15) is 10.4 Å². The predicted molar refractivity (Wildman–Crippen MR) is 60.3 cm³/mol. The van der Waals surface area contributed by atoms with Crippen molar-refractivity contribution in [3.63, 3.8) is 0 Å². The lowest BCUT2D eigenvalue weighted by Gasteiger charge is -2.15. The van der Waals surface area contributed by atoms with Crippen molar-refractivity contribution >= 4 is 11.8 Å². The zero-order chi connectivity index (χ0) is 13.3. The summed E-state index contributed by atoms with van der Waals surface area (Å²) in [6.07, 6.45) is 0. The van der Waals surface area contributed by atoms with Crippen molar-refractivity contribution in [2.45, 2.75) is 0 Å². The number of hydrogen-bond donors (Lipinski definition) is 0. The number of urea groups is 1. The number of amides is 2. The molecule has 2 amide bonds. The van der Waals surface area contributed by atoms with Gasteiger partial charge in [-0.1, -0.05) is 0 Å². The molecule has 4 nitrogen and oxygen atoms in total. The summed E-state index contributed by atoms with van der Waals surface area (Å²) in [6.45, 7) is 0.785. The fourth-order valence-corrected chi connectivity index (χ4v) is 1.82. The number of Topliss-reactive ketones (excluding diaryl/α,β-unsaturated/α-hetero) is 1. The van der Waals surface area contributed by atoms with E-state index in [9.17, 15) is 18.4 Å². The summed E-state index contributed by atoms with van der Waals surface area (Å²) in [4.78, 5) is 26.2. The molecule has 0 aliphatic carbocycles. The highest BCUT2D eigenvalue weighted by molar-refractivity contribution is 5.99. The standard InChI is InChI=1S/C12H12F2N2O2/c1-15-4-5-16(12(15)18)7-11(17)9-3-2-8(13)6-10(9)14/h2-3,6H,4-5,7H2,1H3. The van der Waals surface area contributed by atoms with Gasteiger partial charge in [-0.3, -0.25) is 4.79 Å². The number of benzene rings is 1. The fourth-order valence-electron chi connectivity index (χ4n) is 1.82. The average Bonchev–Trinajstić information content (AvgIpc) is 2.61. The van der Waals surface area contributed by atoms with Crippen LogP contribution in [0.4, 0.5) is 13.6 Å². The molecule has 1 aromatic rings. The molecule has 0 bridgehead atoms. The van der Waals surface area contributed by atoms with E-state index in [1.54, 1.807) is 7.05 Å². The minimum Gasteiger partial charge on any atom is -0.326 e. The summed E-state index contributed by atoms with van der Waals surface area (Å²) >= 11 is 0. The number of carbonyl (C=O) groups is 2. The third-order valence-electron chi connectivity index (χ3n) is 2.87. The molecule has 1 aliphatic heterocycles.